The van der Waals surface area contributed by atoms with Gasteiger partial charge in [-0.05, 0) is 0 Å². The molecule has 0 aromatic carbocycles. The Hall–Kier alpha value is -1.14. The number of nitrogens with one attached hydrogen (secondary N) is 1. The standard InChI is InChI=1S/C6H8N4O2S2/c7-3-1-2-5-4-9-6(13-5)10-14(8,11)12/h4H,3,7H2,(H,9,10)(H2,8,11,12). The summed E-state index contributed by atoms with van der Waals surface area (Å²) in [6, 6.07) is 0. The summed E-state index contributed by atoms with van der Waals surface area (Å²) >= 11 is 1.09. The lowest BCUT2D eigenvalue weighted by Gasteiger charge is -1.95. The van der Waals surface area contributed by atoms with E-state index in [2.05, 4.69) is 16.8 Å². The number of anilines is 1. The fraction of sp³-hybridized carbons (Fsp3) is 0.167. The van der Waals surface area contributed by atoms with E-state index in [-0.39, 0.29) is 11.7 Å². The zero-order valence-electron chi connectivity index (χ0n) is 7.02. The maximum atomic E-state index is 10.6. The van der Waals surface area contributed by atoms with E-state index in [0.29, 0.717) is 4.88 Å². The fourth-order valence-electron chi connectivity index (χ4n) is 0.639. The van der Waals surface area contributed by atoms with Crippen molar-refractivity contribution in [1.82, 2.24) is 4.98 Å². The van der Waals surface area contributed by atoms with Crippen LogP contribution in [0.25, 0.3) is 0 Å². The van der Waals surface area contributed by atoms with Crippen molar-refractivity contribution in [3.8, 4) is 11.8 Å². The molecule has 1 aromatic heterocycles. The Kier molecular flexibility index (Phi) is 3.43. The van der Waals surface area contributed by atoms with Gasteiger partial charge in [-0.1, -0.05) is 23.2 Å². The van der Waals surface area contributed by atoms with E-state index in [1.165, 1.54) is 6.20 Å². The molecule has 0 unspecified atom stereocenters. The summed E-state index contributed by atoms with van der Waals surface area (Å²) < 4.78 is 23.2. The molecule has 1 rings (SSSR count). The van der Waals surface area contributed by atoms with Crippen molar-refractivity contribution in [1.29, 1.82) is 0 Å². The van der Waals surface area contributed by atoms with Crippen molar-refractivity contribution in [2.75, 3.05) is 11.3 Å². The van der Waals surface area contributed by atoms with E-state index in [0.717, 1.165) is 11.3 Å². The zero-order valence-corrected chi connectivity index (χ0v) is 8.65. The van der Waals surface area contributed by atoms with Crippen LogP contribution >= 0.6 is 11.3 Å². The van der Waals surface area contributed by atoms with E-state index in [1.54, 1.807) is 0 Å². The predicted octanol–water partition coefficient (Wildman–Crippen LogP) is -0.931. The number of rotatable bonds is 2. The van der Waals surface area contributed by atoms with Gasteiger partial charge < -0.3 is 5.73 Å². The number of aromatic nitrogens is 1. The maximum Gasteiger partial charge on any atom is 0.298 e. The highest BCUT2D eigenvalue weighted by Gasteiger charge is 2.05. The first kappa shape index (κ1) is 10.9. The lowest BCUT2D eigenvalue weighted by molar-refractivity contribution is 0.603. The summed E-state index contributed by atoms with van der Waals surface area (Å²) in [5.41, 5.74) is 5.16. The number of thiazole rings is 1. The van der Waals surface area contributed by atoms with Crippen LogP contribution in [0.3, 0.4) is 0 Å². The second-order valence-electron chi connectivity index (χ2n) is 2.18. The fourth-order valence-corrected chi connectivity index (χ4v) is 1.99. The summed E-state index contributed by atoms with van der Waals surface area (Å²) in [4.78, 5) is 4.39. The summed E-state index contributed by atoms with van der Waals surface area (Å²) in [7, 11) is -3.76. The summed E-state index contributed by atoms with van der Waals surface area (Å²) in [6.07, 6.45) is 1.45. The molecule has 0 radical (unpaired) electrons. The average molecular weight is 232 g/mol. The summed E-state index contributed by atoms with van der Waals surface area (Å²) in [5, 5.41) is 4.94. The molecule has 0 amide bonds. The highest BCUT2D eigenvalue weighted by molar-refractivity contribution is 7.90. The molecule has 5 N–H and O–H groups in total. The van der Waals surface area contributed by atoms with Crippen molar-refractivity contribution in [3.05, 3.63) is 11.1 Å². The van der Waals surface area contributed by atoms with Crippen molar-refractivity contribution in [2.45, 2.75) is 0 Å². The third kappa shape index (κ3) is 3.71. The van der Waals surface area contributed by atoms with Crippen LogP contribution in [0.2, 0.25) is 0 Å². The summed E-state index contributed by atoms with van der Waals surface area (Å²) in [5.74, 6) is 5.34. The van der Waals surface area contributed by atoms with Crippen molar-refractivity contribution in [3.63, 3.8) is 0 Å². The molecule has 0 aliphatic rings. The minimum Gasteiger partial charge on any atom is -0.320 e. The van der Waals surface area contributed by atoms with E-state index in [4.69, 9.17) is 10.9 Å². The molecular weight excluding hydrogens is 224 g/mol. The Morgan fingerprint density at radius 1 is 1.64 bits per heavy atom. The molecule has 0 aliphatic heterocycles. The molecule has 0 atom stereocenters. The molecule has 14 heavy (non-hydrogen) atoms. The van der Waals surface area contributed by atoms with Crippen LogP contribution in [0.15, 0.2) is 6.20 Å². The van der Waals surface area contributed by atoms with Gasteiger partial charge in [0.1, 0.15) is 0 Å². The predicted molar refractivity (Wildman–Crippen MR) is 54.8 cm³/mol. The molecule has 76 valence electrons. The molecule has 8 heteroatoms. The first-order chi connectivity index (χ1) is 6.51. The second-order valence-corrected chi connectivity index (χ2v) is 4.51. The van der Waals surface area contributed by atoms with Gasteiger partial charge in [0.2, 0.25) is 0 Å². The quantitative estimate of drug-likeness (QED) is 0.572. The third-order valence-electron chi connectivity index (χ3n) is 1.05. The van der Waals surface area contributed by atoms with Gasteiger partial charge in [-0.15, -0.1) is 0 Å². The van der Waals surface area contributed by atoms with Gasteiger partial charge in [0.15, 0.2) is 5.13 Å². The molecule has 0 aliphatic carbocycles. The normalized spacial score (nSPS) is 10.4. The van der Waals surface area contributed by atoms with Gasteiger partial charge in [0.05, 0.1) is 17.6 Å². The molecule has 1 aromatic rings. The van der Waals surface area contributed by atoms with Crippen LogP contribution in [-0.4, -0.2) is 19.9 Å². The first-order valence-corrected chi connectivity index (χ1v) is 5.83. The molecule has 0 bridgehead atoms. The van der Waals surface area contributed by atoms with Gasteiger partial charge in [-0.25, -0.2) is 14.8 Å². The Balaban J connectivity index is 2.79. The molecule has 0 saturated heterocycles. The minimum absolute atomic E-state index is 0.189. The minimum atomic E-state index is -3.76. The monoisotopic (exact) mass is 232 g/mol. The zero-order chi connectivity index (χ0) is 10.6. The number of nitrogens with two attached hydrogens (primary N) is 2. The Morgan fingerprint density at radius 2 is 2.36 bits per heavy atom. The smallest absolute Gasteiger partial charge is 0.298 e. The van der Waals surface area contributed by atoms with Crippen LogP contribution in [-0.2, 0) is 10.2 Å². The lowest BCUT2D eigenvalue weighted by atomic mass is 10.5. The van der Waals surface area contributed by atoms with Crippen molar-refractivity contribution < 1.29 is 8.42 Å². The highest BCUT2D eigenvalue weighted by Crippen LogP contribution is 2.17. The number of nitrogens with zero attached hydrogens (tertiary/aromatic N) is 1. The van der Waals surface area contributed by atoms with Crippen molar-refractivity contribution in [2.24, 2.45) is 10.9 Å². The highest BCUT2D eigenvalue weighted by atomic mass is 32.2. The SMILES string of the molecule is NCC#Cc1cnc(NS(N)(=O)=O)s1. The molecular formula is C6H8N4O2S2. The van der Waals surface area contributed by atoms with Gasteiger partial charge in [0.25, 0.3) is 10.2 Å². The van der Waals surface area contributed by atoms with E-state index >= 15 is 0 Å². The topological polar surface area (TPSA) is 111 Å². The molecule has 6 nitrogen and oxygen atoms in total. The third-order valence-corrected chi connectivity index (χ3v) is 2.48. The van der Waals surface area contributed by atoms with Crippen LogP contribution in [0.5, 0.6) is 0 Å². The van der Waals surface area contributed by atoms with Crippen LogP contribution < -0.4 is 15.6 Å². The largest absolute Gasteiger partial charge is 0.320 e. The Morgan fingerprint density at radius 3 is 2.93 bits per heavy atom. The second kappa shape index (κ2) is 4.39. The number of hydrogen-bond acceptors (Lipinski definition) is 5. The Labute approximate surface area is 85.5 Å². The average Bonchev–Trinajstić information content (AvgIpc) is 2.46. The first-order valence-electron chi connectivity index (χ1n) is 3.46. The van der Waals surface area contributed by atoms with Gasteiger partial charge in [0, 0.05) is 0 Å². The van der Waals surface area contributed by atoms with E-state index in [9.17, 15) is 8.42 Å². The van der Waals surface area contributed by atoms with Crippen LogP contribution in [0.4, 0.5) is 5.13 Å². The van der Waals surface area contributed by atoms with Crippen LogP contribution in [0, 0.1) is 11.8 Å². The van der Waals surface area contributed by atoms with E-state index in [1.807, 2.05) is 4.72 Å². The molecule has 0 saturated carbocycles. The van der Waals surface area contributed by atoms with Crippen LogP contribution in [0.1, 0.15) is 4.88 Å². The maximum absolute atomic E-state index is 10.6. The van der Waals surface area contributed by atoms with Gasteiger partial charge in [-0.3, -0.25) is 0 Å². The summed E-state index contributed by atoms with van der Waals surface area (Å²) in [6.45, 7) is 0.246. The van der Waals surface area contributed by atoms with Gasteiger partial charge >= 0.3 is 0 Å². The molecule has 0 fully saturated rings. The van der Waals surface area contributed by atoms with Gasteiger partial charge in [-0.2, -0.15) is 8.42 Å². The Bertz CT molecular complexity index is 468. The lowest BCUT2D eigenvalue weighted by Crippen LogP contribution is -2.21. The number of hydrogen-bond donors (Lipinski definition) is 3. The molecule has 1 heterocycles. The van der Waals surface area contributed by atoms with E-state index < -0.39 is 10.2 Å². The molecule has 0 spiro atoms. The van der Waals surface area contributed by atoms with Crippen molar-refractivity contribution >= 4 is 26.7 Å².